The summed E-state index contributed by atoms with van der Waals surface area (Å²) in [5, 5.41) is 2.37. The first-order valence-electron chi connectivity index (χ1n) is 9.31. The van der Waals surface area contributed by atoms with Crippen LogP contribution in [0.4, 0.5) is 18.9 Å². The summed E-state index contributed by atoms with van der Waals surface area (Å²) in [5.41, 5.74) is 4.83. The van der Waals surface area contributed by atoms with Crippen molar-refractivity contribution in [3.05, 3.63) is 58.5 Å². The van der Waals surface area contributed by atoms with E-state index in [0.29, 0.717) is 22.8 Å². The van der Waals surface area contributed by atoms with E-state index in [1.54, 1.807) is 25.1 Å². The predicted octanol–water partition coefficient (Wildman–Crippen LogP) is 4.05. The number of nitrogens with zero attached hydrogens (tertiary/aromatic N) is 1. The van der Waals surface area contributed by atoms with Crippen molar-refractivity contribution in [2.75, 3.05) is 18.5 Å². The molecule has 11 heteroatoms. The number of nitrogens with one attached hydrogen (secondary N) is 1. The molecule has 0 fully saturated rings. The molecule has 2 amide bonds. The maximum absolute atomic E-state index is 13.1. The highest BCUT2D eigenvalue weighted by molar-refractivity contribution is 8.18. The summed E-state index contributed by atoms with van der Waals surface area (Å²) in [6.45, 7) is 1.51. The number of nitrogens with two attached hydrogens (primary N) is 1. The average Bonchev–Trinajstić information content (AvgIpc) is 3.04. The van der Waals surface area contributed by atoms with E-state index < -0.39 is 30.2 Å². The van der Waals surface area contributed by atoms with Gasteiger partial charge in [-0.1, -0.05) is 18.2 Å². The molecule has 1 aliphatic rings. The largest absolute Gasteiger partial charge is 0.490 e. The second-order valence-electron chi connectivity index (χ2n) is 6.39. The van der Waals surface area contributed by atoms with Gasteiger partial charge < -0.3 is 20.5 Å². The van der Waals surface area contributed by atoms with Crippen LogP contribution in [0.2, 0.25) is 0 Å². The molecule has 32 heavy (non-hydrogen) atoms. The Morgan fingerprint density at radius 2 is 1.94 bits per heavy atom. The molecule has 0 bridgehead atoms. The quantitative estimate of drug-likeness (QED) is 0.598. The van der Waals surface area contributed by atoms with Gasteiger partial charge in [-0.2, -0.15) is 18.2 Å². The zero-order valence-corrected chi connectivity index (χ0v) is 17.5. The van der Waals surface area contributed by atoms with Gasteiger partial charge in [0.2, 0.25) is 0 Å². The smallest absolute Gasteiger partial charge is 0.418 e. The summed E-state index contributed by atoms with van der Waals surface area (Å²) in [4.78, 5) is 27.9. The lowest BCUT2D eigenvalue weighted by Crippen LogP contribution is -2.22. The lowest BCUT2D eigenvalue weighted by atomic mass is 10.1. The van der Waals surface area contributed by atoms with Gasteiger partial charge in [0.15, 0.2) is 23.3 Å². The summed E-state index contributed by atoms with van der Waals surface area (Å²) < 4.78 is 50.2. The van der Waals surface area contributed by atoms with Crippen LogP contribution in [0, 0.1) is 0 Å². The Kier molecular flexibility index (Phi) is 7.08. The highest BCUT2D eigenvalue weighted by atomic mass is 32.2. The van der Waals surface area contributed by atoms with Gasteiger partial charge in [-0.3, -0.25) is 9.59 Å². The Morgan fingerprint density at radius 3 is 2.59 bits per heavy atom. The molecule has 168 valence electrons. The molecular weight excluding hydrogens is 447 g/mol. The lowest BCUT2D eigenvalue weighted by Gasteiger charge is -2.15. The molecule has 3 N–H and O–H groups in total. The minimum Gasteiger partial charge on any atom is -0.490 e. The van der Waals surface area contributed by atoms with Gasteiger partial charge in [0.05, 0.1) is 22.8 Å². The topological polar surface area (TPSA) is 103 Å². The third kappa shape index (κ3) is 5.82. The Morgan fingerprint density at radius 1 is 1.19 bits per heavy atom. The Balaban J connectivity index is 1.70. The summed E-state index contributed by atoms with van der Waals surface area (Å²) >= 11 is 1.04. The molecule has 0 spiro atoms. The van der Waals surface area contributed by atoms with Crippen molar-refractivity contribution >= 4 is 40.5 Å². The molecule has 0 radical (unpaired) electrons. The van der Waals surface area contributed by atoms with Crippen LogP contribution in [0.5, 0.6) is 11.5 Å². The fourth-order valence-corrected chi connectivity index (χ4v) is 3.43. The van der Waals surface area contributed by atoms with Crippen molar-refractivity contribution in [1.82, 2.24) is 0 Å². The molecular formula is C21H18F3N3O4S. The number of carbonyl (C=O) groups is 2. The number of aliphatic imine (C=N–C) groups is 1. The first-order valence-corrected chi connectivity index (χ1v) is 10.1. The molecule has 0 saturated carbocycles. The number of anilines is 1. The molecule has 2 aromatic carbocycles. The lowest BCUT2D eigenvalue weighted by molar-refractivity contribution is -0.137. The van der Waals surface area contributed by atoms with E-state index in [-0.39, 0.29) is 16.6 Å². The highest BCUT2D eigenvalue weighted by Crippen LogP contribution is 2.35. The molecule has 0 atom stereocenters. The van der Waals surface area contributed by atoms with Crippen LogP contribution >= 0.6 is 11.8 Å². The maximum atomic E-state index is 13.1. The van der Waals surface area contributed by atoms with E-state index in [1.807, 2.05) is 0 Å². The van der Waals surface area contributed by atoms with Crippen LogP contribution in [-0.2, 0) is 15.8 Å². The molecule has 0 saturated heterocycles. The normalized spacial score (nSPS) is 14.9. The third-order valence-corrected chi connectivity index (χ3v) is 4.88. The molecule has 0 unspecified atom stereocenters. The zero-order chi connectivity index (χ0) is 23.3. The second kappa shape index (κ2) is 9.77. The summed E-state index contributed by atoms with van der Waals surface area (Å²) in [6, 6.07) is 9.42. The first kappa shape index (κ1) is 23.2. The number of amidine groups is 1. The van der Waals surface area contributed by atoms with E-state index in [2.05, 4.69) is 10.3 Å². The number of ether oxygens (including phenoxy) is 2. The maximum Gasteiger partial charge on any atom is 0.418 e. The average molecular weight is 465 g/mol. The van der Waals surface area contributed by atoms with Crippen LogP contribution in [0.15, 0.2) is 52.4 Å². The number of hydrogen-bond donors (Lipinski definition) is 2. The fourth-order valence-electron chi connectivity index (χ4n) is 2.75. The minimum absolute atomic E-state index is 0.157. The van der Waals surface area contributed by atoms with E-state index in [9.17, 15) is 22.8 Å². The summed E-state index contributed by atoms with van der Waals surface area (Å²) in [7, 11) is 0. The monoisotopic (exact) mass is 465 g/mol. The Hall–Kier alpha value is -3.47. The SMILES string of the molecule is CCOc1cc(/C=C2\SC(N)=NC2=O)ccc1OCC(=O)Nc1ccccc1C(F)(F)F. The predicted molar refractivity (Wildman–Crippen MR) is 115 cm³/mol. The summed E-state index contributed by atoms with van der Waals surface area (Å²) in [5.74, 6) is -0.693. The number of rotatable bonds is 7. The van der Waals surface area contributed by atoms with Crippen LogP contribution in [0.1, 0.15) is 18.1 Å². The van der Waals surface area contributed by atoms with Crippen molar-refractivity contribution in [3.8, 4) is 11.5 Å². The molecule has 7 nitrogen and oxygen atoms in total. The molecule has 1 heterocycles. The number of amides is 2. The summed E-state index contributed by atoms with van der Waals surface area (Å²) in [6.07, 6.45) is -3.02. The van der Waals surface area contributed by atoms with Gasteiger partial charge in [-0.05, 0) is 54.6 Å². The number of hydrogen-bond acceptors (Lipinski definition) is 6. The molecule has 2 aromatic rings. The van der Waals surface area contributed by atoms with Crippen molar-refractivity contribution < 1.29 is 32.2 Å². The Bertz CT molecular complexity index is 1100. The van der Waals surface area contributed by atoms with Gasteiger partial charge in [0.1, 0.15) is 0 Å². The van der Waals surface area contributed by atoms with Crippen molar-refractivity contribution in [1.29, 1.82) is 0 Å². The highest BCUT2D eigenvalue weighted by Gasteiger charge is 2.33. The van der Waals surface area contributed by atoms with E-state index in [1.165, 1.54) is 18.2 Å². The standard InChI is InChI=1S/C21H18F3N3O4S/c1-2-30-16-9-12(10-17-19(29)27-20(25)32-17)7-8-15(16)31-11-18(28)26-14-6-4-3-5-13(14)21(22,23)24/h3-10H,2,11H2,1H3,(H,26,28)(H2,25,27,29)/b17-10-. The number of benzene rings is 2. The molecule has 0 aliphatic carbocycles. The van der Waals surface area contributed by atoms with Crippen molar-refractivity contribution in [2.24, 2.45) is 10.7 Å². The Labute approximate surface area is 185 Å². The zero-order valence-electron chi connectivity index (χ0n) is 16.7. The molecule has 3 rings (SSSR count). The van der Waals surface area contributed by atoms with E-state index in [4.69, 9.17) is 15.2 Å². The van der Waals surface area contributed by atoms with Gasteiger partial charge >= 0.3 is 6.18 Å². The van der Waals surface area contributed by atoms with Crippen molar-refractivity contribution in [3.63, 3.8) is 0 Å². The van der Waals surface area contributed by atoms with Crippen LogP contribution < -0.4 is 20.5 Å². The van der Waals surface area contributed by atoms with Gasteiger partial charge in [-0.15, -0.1) is 0 Å². The van der Waals surface area contributed by atoms with Crippen LogP contribution in [-0.4, -0.2) is 30.2 Å². The number of alkyl halides is 3. The van der Waals surface area contributed by atoms with Crippen LogP contribution in [0.3, 0.4) is 0 Å². The van der Waals surface area contributed by atoms with Crippen LogP contribution in [0.25, 0.3) is 6.08 Å². The number of halogens is 3. The first-order chi connectivity index (χ1) is 15.2. The van der Waals surface area contributed by atoms with E-state index >= 15 is 0 Å². The molecule has 0 aromatic heterocycles. The van der Waals surface area contributed by atoms with Gasteiger partial charge in [-0.25, -0.2) is 0 Å². The van der Waals surface area contributed by atoms with Crippen molar-refractivity contribution in [2.45, 2.75) is 13.1 Å². The second-order valence-corrected chi connectivity index (χ2v) is 7.45. The third-order valence-electron chi connectivity index (χ3n) is 4.07. The number of para-hydroxylation sites is 1. The van der Waals surface area contributed by atoms with E-state index in [0.717, 1.165) is 23.9 Å². The fraction of sp³-hybridized carbons (Fsp3) is 0.190. The number of carbonyl (C=O) groups excluding carboxylic acids is 2. The molecule has 1 aliphatic heterocycles. The number of thioether (sulfide) groups is 1. The van der Waals surface area contributed by atoms with Gasteiger partial charge in [0.25, 0.3) is 11.8 Å². The van der Waals surface area contributed by atoms with Gasteiger partial charge in [0, 0.05) is 0 Å². The minimum atomic E-state index is -4.61.